The number of piperazine rings is 1. The first-order chi connectivity index (χ1) is 15.8. The minimum atomic E-state index is -0.541. The second kappa shape index (κ2) is 10.2. The molecule has 1 N–H and O–H groups in total. The van der Waals surface area contributed by atoms with E-state index in [-0.39, 0.29) is 12.0 Å². The molecule has 2 heterocycles. The molecule has 0 aliphatic carbocycles. The predicted molar refractivity (Wildman–Crippen MR) is 127 cm³/mol. The summed E-state index contributed by atoms with van der Waals surface area (Å²) in [6, 6.07) is 12.0. The average Bonchev–Trinajstić information content (AvgIpc) is 3.26. The Kier molecular flexibility index (Phi) is 7.32. The monoisotopic (exact) mass is 456 g/mol. The minimum absolute atomic E-state index is 0.0802. The molecule has 1 saturated heterocycles. The van der Waals surface area contributed by atoms with E-state index >= 15 is 0 Å². The SMILES string of the molecule is COc1ccc(OCC(O)CN2CCN(Cc3ccc4c(c3)OCO4)CC2)c(C(C)(C)C)c1. The van der Waals surface area contributed by atoms with Gasteiger partial charge >= 0.3 is 0 Å². The molecule has 2 aromatic carbocycles. The summed E-state index contributed by atoms with van der Waals surface area (Å²) in [5.41, 5.74) is 2.23. The fourth-order valence-corrected chi connectivity index (χ4v) is 4.31. The molecule has 1 atom stereocenters. The number of fused-ring (bicyclic) bond motifs is 1. The van der Waals surface area contributed by atoms with E-state index in [9.17, 15) is 5.11 Å². The van der Waals surface area contributed by atoms with Crippen LogP contribution in [-0.2, 0) is 12.0 Å². The molecule has 7 nitrogen and oxygen atoms in total. The van der Waals surface area contributed by atoms with E-state index in [1.807, 2.05) is 24.3 Å². The zero-order chi connectivity index (χ0) is 23.4. The maximum atomic E-state index is 10.6. The summed E-state index contributed by atoms with van der Waals surface area (Å²) in [6.07, 6.45) is -0.541. The minimum Gasteiger partial charge on any atom is -0.497 e. The van der Waals surface area contributed by atoms with Crippen LogP contribution in [-0.4, -0.2) is 74.2 Å². The topological polar surface area (TPSA) is 63.6 Å². The first-order valence-electron chi connectivity index (χ1n) is 11.6. The van der Waals surface area contributed by atoms with Gasteiger partial charge in [-0.1, -0.05) is 26.8 Å². The highest BCUT2D eigenvalue weighted by Crippen LogP contribution is 2.35. The largest absolute Gasteiger partial charge is 0.497 e. The van der Waals surface area contributed by atoms with Crippen molar-refractivity contribution in [3.63, 3.8) is 0 Å². The van der Waals surface area contributed by atoms with Gasteiger partial charge in [-0.05, 0) is 41.3 Å². The lowest BCUT2D eigenvalue weighted by Crippen LogP contribution is -2.48. The van der Waals surface area contributed by atoms with E-state index in [1.54, 1.807) is 7.11 Å². The van der Waals surface area contributed by atoms with Crippen molar-refractivity contribution in [3.05, 3.63) is 47.5 Å². The Morgan fingerprint density at radius 1 is 0.970 bits per heavy atom. The van der Waals surface area contributed by atoms with Crippen molar-refractivity contribution in [3.8, 4) is 23.0 Å². The number of hydrogen-bond donors (Lipinski definition) is 1. The molecule has 2 aliphatic rings. The van der Waals surface area contributed by atoms with Gasteiger partial charge in [-0.25, -0.2) is 0 Å². The van der Waals surface area contributed by atoms with Crippen LogP contribution in [0, 0.1) is 0 Å². The van der Waals surface area contributed by atoms with Crippen molar-refractivity contribution < 1.29 is 24.1 Å². The number of rotatable bonds is 8. The normalized spacial score (nSPS) is 17.7. The van der Waals surface area contributed by atoms with E-state index in [1.165, 1.54) is 5.56 Å². The van der Waals surface area contributed by atoms with Gasteiger partial charge in [0.15, 0.2) is 11.5 Å². The Hall–Kier alpha value is -2.48. The van der Waals surface area contributed by atoms with Crippen LogP contribution in [0.4, 0.5) is 0 Å². The number of nitrogens with zero attached hydrogens (tertiary/aromatic N) is 2. The van der Waals surface area contributed by atoms with Gasteiger partial charge in [-0.3, -0.25) is 9.80 Å². The van der Waals surface area contributed by atoms with Gasteiger partial charge in [0.2, 0.25) is 6.79 Å². The Morgan fingerprint density at radius 2 is 1.70 bits per heavy atom. The number of β-amino-alcohol motifs (C(OH)–C–C–N with tert-alkyl or cyclic N) is 1. The molecule has 4 rings (SSSR count). The van der Waals surface area contributed by atoms with Crippen molar-refractivity contribution in [1.82, 2.24) is 9.80 Å². The van der Waals surface area contributed by atoms with Gasteiger partial charge in [-0.15, -0.1) is 0 Å². The van der Waals surface area contributed by atoms with Crippen molar-refractivity contribution in [2.75, 3.05) is 53.2 Å². The summed E-state index contributed by atoms with van der Waals surface area (Å²) in [6.45, 7) is 12.3. The quantitative estimate of drug-likeness (QED) is 0.654. The number of hydrogen-bond acceptors (Lipinski definition) is 7. The first kappa shape index (κ1) is 23.7. The summed E-state index contributed by atoms with van der Waals surface area (Å²) in [5, 5.41) is 10.6. The first-order valence-corrected chi connectivity index (χ1v) is 11.6. The summed E-state index contributed by atoms with van der Waals surface area (Å²) in [7, 11) is 1.67. The van der Waals surface area contributed by atoms with Crippen LogP contribution in [0.3, 0.4) is 0 Å². The van der Waals surface area contributed by atoms with E-state index in [0.717, 1.165) is 61.3 Å². The van der Waals surface area contributed by atoms with Crippen LogP contribution in [0.5, 0.6) is 23.0 Å². The number of methoxy groups -OCH3 is 1. The lowest BCUT2D eigenvalue weighted by molar-refractivity contribution is 0.0442. The van der Waals surface area contributed by atoms with E-state index < -0.39 is 6.10 Å². The highest BCUT2D eigenvalue weighted by molar-refractivity contribution is 5.45. The molecule has 0 bridgehead atoms. The van der Waals surface area contributed by atoms with Crippen molar-refractivity contribution in [2.45, 2.75) is 38.8 Å². The standard InChI is InChI=1S/C26H36N2O5/c1-26(2,3)22-14-21(30-4)6-8-23(22)31-17-20(29)16-28-11-9-27(10-12-28)15-19-5-7-24-25(13-19)33-18-32-24/h5-8,13-14,20,29H,9-12,15-18H2,1-4H3. The molecule has 180 valence electrons. The maximum absolute atomic E-state index is 10.6. The van der Waals surface area contributed by atoms with Gasteiger partial charge in [-0.2, -0.15) is 0 Å². The van der Waals surface area contributed by atoms with Crippen LogP contribution in [0.1, 0.15) is 31.9 Å². The molecule has 0 spiro atoms. The predicted octanol–water partition coefficient (Wildman–Crippen LogP) is 3.28. The van der Waals surface area contributed by atoms with E-state index in [0.29, 0.717) is 13.3 Å². The van der Waals surface area contributed by atoms with Crippen LogP contribution in [0.2, 0.25) is 0 Å². The molecule has 1 unspecified atom stereocenters. The second-order valence-corrected chi connectivity index (χ2v) is 9.84. The van der Waals surface area contributed by atoms with Crippen LogP contribution in [0.15, 0.2) is 36.4 Å². The second-order valence-electron chi connectivity index (χ2n) is 9.84. The molecular weight excluding hydrogens is 420 g/mol. The fourth-order valence-electron chi connectivity index (χ4n) is 4.31. The van der Waals surface area contributed by atoms with E-state index in [2.05, 4.69) is 42.7 Å². The number of aliphatic hydroxyl groups excluding tert-OH is 1. The molecule has 2 aliphatic heterocycles. The van der Waals surface area contributed by atoms with Crippen molar-refractivity contribution >= 4 is 0 Å². The zero-order valence-corrected chi connectivity index (χ0v) is 20.2. The molecule has 33 heavy (non-hydrogen) atoms. The summed E-state index contributed by atoms with van der Waals surface area (Å²) < 4.78 is 22.3. The molecule has 1 fully saturated rings. The third-order valence-corrected chi connectivity index (χ3v) is 6.20. The smallest absolute Gasteiger partial charge is 0.231 e. The third kappa shape index (κ3) is 6.10. The maximum Gasteiger partial charge on any atom is 0.231 e. The molecule has 0 saturated carbocycles. The lowest BCUT2D eigenvalue weighted by atomic mass is 9.86. The summed E-state index contributed by atoms with van der Waals surface area (Å²) >= 11 is 0. The van der Waals surface area contributed by atoms with Gasteiger partial charge < -0.3 is 24.1 Å². The van der Waals surface area contributed by atoms with Gasteiger partial charge in [0, 0.05) is 44.8 Å². The van der Waals surface area contributed by atoms with Crippen LogP contribution >= 0.6 is 0 Å². The molecule has 7 heteroatoms. The zero-order valence-electron chi connectivity index (χ0n) is 20.2. The van der Waals surface area contributed by atoms with Gasteiger partial charge in [0.25, 0.3) is 0 Å². The molecular formula is C26H36N2O5. The summed E-state index contributed by atoms with van der Waals surface area (Å²) in [5.74, 6) is 3.27. The van der Waals surface area contributed by atoms with Gasteiger partial charge in [0.05, 0.1) is 7.11 Å². The Morgan fingerprint density at radius 3 is 2.42 bits per heavy atom. The Labute approximate surface area is 196 Å². The highest BCUT2D eigenvalue weighted by Gasteiger charge is 2.23. The van der Waals surface area contributed by atoms with E-state index in [4.69, 9.17) is 18.9 Å². The number of benzene rings is 2. The lowest BCUT2D eigenvalue weighted by Gasteiger charge is -2.35. The fraction of sp³-hybridized carbons (Fsp3) is 0.538. The molecule has 2 aromatic rings. The molecule has 0 radical (unpaired) electrons. The van der Waals surface area contributed by atoms with Crippen molar-refractivity contribution in [2.24, 2.45) is 0 Å². The Balaban J connectivity index is 1.23. The number of ether oxygens (including phenoxy) is 4. The highest BCUT2D eigenvalue weighted by atomic mass is 16.7. The molecule has 0 amide bonds. The summed E-state index contributed by atoms with van der Waals surface area (Å²) in [4.78, 5) is 4.74. The van der Waals surface area contributed by atoms with Crippen molar-refractivity contribution in [1.29, 1.82) is 0 Å². The average molecular weight is 457 g/mol. The third-order valence-electron chi connectivity index (χ3n) is 6.20. The van der Waals surface area contributed by atoms with Crippen LogP contribution in [0.25, 0.3) is 0 Å². The van der Waals surface area contributed by atoms with Crippen LogP contribution < -0.4 is 18.9 Å². The Bertz CT molecular complexity index is 935. The van der Waals surface area contributed by atoms with Gasteiger partial charge in [0.1, 0.15) is 24.2 Å². The number of aliphatic hydroxyl groups is 1. The molecule has 0 aromatic heterocycles.